The Bertz CT molecular complexity index is 2950. The third-order valence-electron chi connectivity index (χ3n) is 10.6. The predicted molar refractivity (Wildman–Crippen MR) is 224 cm³/mol. The molecule has 2 aromatic carbocycles. The molecular weight excluding hydrogens is 792 g/mol. The van der Waals surface area contributed by atoms with E-state index in [1.54, 1.807) is 36.5 Å². The summed E-state index contributed by atoms with van der Waals surface area (Å²) in [5.74, 6) is -0.735. The topological polar surface area (TPSA) is 160 Å². The summed E-state index contributed by atoms with van der Waals surface area (Å²) in [6.07, 6.45) is 12.9. The largest absolute Gasteiger partial charge is 0.278 e. The van der Waals surface area contributed by atoms with Gasteiger partial charge in [0.05, 0.1) is 61.5 Å². The minimum atomic E-state index is -3.49. The molecule has 2 aliphatic rings. The summed E-state index contributed by atoms with van der Waals surface area (Å²) in [6.45, 7) is 10.9. The minimum Gasteiger partial charge on any atom is -0.278 e. The highest BCUT2D eigenvalue weighted by molar-refractivity contribution is 7.91. The van der Waals surface area contributed by atoms with Crippen molar-refractivity contribution in [3.63, 3.8) is 0 Å². The first-order chi connectivity index (χ1) is 27.6. The Hall–Kier alpha value is -6.19. The molecule has 0 saturated carbocycles. The normalized spacial score (nSPS) is 15.4. The van der Waals surface area contributed by atoms with Crippen LogP contribution in [0.2, 0.25) is 0 Å². The van der Waals surface area contributed by atoms with Crippen LogP contribution >= 0.6 is 0 Å². The number of carbonyl (C=O) groups excluding carboxylic acids is 2. The molecule has 12 nitrogen and oxygen atoms in total. The summed E-state index contributed by atoms with van der Waals surface area (Å²) < 4.78 is 61.9. The second kappa shape index (κ2) is 14.6. The number of hydrogen-bond donors (Lipinski definition) is 0. The third kappa shape index (κ3) is 7.51. The molecule has 4 aromatic heterocycles. The highest BCUT2D eigenvalue weighted by Gasteiger charge is 2.46. The molecule has 0 saturated heterocycles. The summed E-state index contributed by atoms with van der Waals surface area (Å²) in [5, 5.41) is 0. The van der Waals surface area contributed by atoms with Crippen molar-refractivity contribution in [2.24, 2.45) is 0 Å². The fourth-order valence-corrected chi connectivity index (χ4v) is 8.39. The van der Waals surface area contributed by atoms with Crippen molar-refractivity contribution in [1.82, 2.24) is 19.9 Å². The number of sulfone groups is 2. The lowest BCUT2D eigenvalue weighted by atomic mass is 9.85. The maximum Gasteiger partial charge on any atom is 0.241 e. The van der Waals surface area contributed by atoms with E-state index in [2.05, 4.69) is 19.9 Å². The summed E-state index contributed by atoms with van der Waals surface area (Å²) >= 11 is 0. The molecule has 0 aliphatic carbocycles. The first kappa shape index (κ1) is 41.0. The standard InChI is InChI=1S/C22H20FN3O3S.C22H21N3O3S/c1-13-19(23)7-15(10-25-13)14-5-6-18-20(8-14)26(21(27)22(18,2)3)16-9-17(12-24-11-16)30(4,28)29;1-14-7-16(11-23-10-14)15-5-6-19-20(8-15)25(21(26)22(19,2)3)17-9-18(13-24-12-17)29(4,27)28/h5-12H,1-4H3;5-13H,1-4H3. The van der Waals surface area contributed by atoms with Crippen LogP contribution in [0.1, 0.15) is 50.1 Å². The molecule has 302 valence electrons. The highest BCUT2D eigenvalue weighted by Crippen LogP contribution is 2.48. The number of pyridine rings is 4. The van der Waals surface area contributed by atoms with E-state index < -0.39 is 36.3 Å². The van der Waals surface area contributed by atoms with Crippen molar-refractivity contribution in [3.8, 4) is 22.3 Å². The van der Waals surface area contributed by atoms with Crippen LogP contribution in [0.15, 0.2) is 114 Å². The van der Waals surface area contributed by atoms with Crippen molar-refractivity contribution in [3.05, 3.63) is 132 Å². The van der Waals surface area contributed by atoms with E-state index in [1.807, 2.05) is 71.0 Å². The fourth-order valence-electron chi connectivity index (χ4n) is 7.21. The van der Waals surface area contributed by atoms with Gasteiger partial charge >= 0.3 is 0 Å². The van der Waals surface area contributed by atoms with Gasteiger partial charge in [-0.1, -0.05) is 24.3 Å². The number of aromatic nitrogens is 4. The first-order valence-corrected chi connectivity index (χ1v) is 22.2. The van der Waals surface area contributed by atoms with E-state index >= 15 is 0 Å². The van der Waals surface area contributed by atoms with Gasteiger partial charge in [-0.2, -0.15) is 0 Å². The van der Waals surface area contributed by atoms with Crippen LogP contribution in [0.25, 0.3) is 22.3 Å². The Morgan fingerprint density at radius 3 is 1.41 bits per heavy atom. The van der Waals surface area contributed by atoms with Crippen LogP contribution in [0.4, 0.5) is 27.1 Å². The Labute approximate surface area is 342 Å². The molecule has 0 unspecified atom stereocenters. The van der Waals surface area contributed by atoms with Gasteiger partial charge in [-0.15, -0.1) is 0 Å². The molecule has 2 aliphatic heterocycles. The molecule has 15 heteroatoms. The van der Waals surface area contributed by atoms with Crippen molar-refractivity contribution >= 4 is 54.2 Å². The lowest BCUT2D eigenvalue weighted by Gasteiger charge is -2.20. The van der Waals surface area contributed by atoms with Crippen LogP contribution in [0, 0.1) is 19.7 Å². The smallest absolute Gasteiger partial charge is 0.241 e. The fraction of sp³-hybridized carbons (Fsp3) is 0.227. The van der Waals surface area contributed by atoms with Gasteiger partial charge in [0, 0.05) is 54.6 Å². The number of hydrogen-bond acceptors (Lipinski definition) is 10. The zero-order valence-corrected chi connectivity index (χ0v) is 35.3. The van der Waals surface area contributed by atoms with E-state index in [9.17, 15) is 30.8 Å². The zero-order valence-electron chi connectivity index (χ0n) is 33.6. The molecule has 0 spiro atoms. The van der Waals surface area contributed by atoms with Crippen LogP contribution in [0.3, 0.4) is 0 Å². The monoisotopic (exact) mass is 832 g/mol. The second-order valence-electron chi connectivity index (χ2n) is 15.8. The number of carbonyl (C=O) groups is 2. The first-order valence-electron chi connectivity index (χ1n) is 18.4. The van der Waals surface area contributed by atoms with Gasteiger partial charge in [0.1, 0.15) is 5.82 Å². The summed E-state index contributed by atoms with van der Waals surface area (Å²) in [7, 11) is -6.93. The minimum absolute atomic E-state index is 0.0278. The van der Waals surface area contributed by atoms with Gasteiger partial charge in [0.25, 0.3) is 0 Å². The average molecular weight is 833 g/mol. The molecule has 59 heavy (non-hydrogen) atoms. The lowest BCUT2D eigenvalue weighted by Crippen LogP contribution is -2.33. The molecule has 8 rings (SSSR count). The predicted octanol–water partition coefficient (Wildman–Crippen LogP) is 7.76. The molecule has 2 amide bonds. The van der Waals surface area contributed by atoms with Gasteiger partial charge in [0.2, 0.25) is 11.8 Å². The van der Waals surface area contributed by atoms with Crippen LogP contribution in [0.5, 0.6) is 0 Å². The SMILES string of the molecule is Cc1cncc(-c2ccc3c(c2)N(c2cncc(S(C)(=O)=O)c2)C(=O)C3(C)C)c1.Cc1ncc(-c2ccc3c(c2)N(c2cncc(S(C)(=O)=O)c2)C(=O)C3(C)C)cc1F. The highest BCUT2D eigenvalue weighted by atomic mass is 32.2. The number of amides is 2. The van der Waals surface area contributed by atoms with E-state index in [0.29, 0.717) is 33.9 Å². The van der Waals surface area contributed by atoms with Crippen molar-refractivity contribution in [2.75, 3.05) is 22.3 Å². The molecule has 6 aromatic rings. The summed E-state index contributed by atoms with van der Waals surface area (Å²) in [5.41, 5.74) is 6.78. The molecule has 0 N–H and O–H groups in total. The Morgan fingerprint density at radius 2 is 0.983 bits per heavy atom. The van der Waals surface area contributed by atoms with Gasteiger partial charge in [0.15, 0.2) is 19.7 Å². The number of anilines is 4. The van der Waals surface area contributed by atoms with Gasteiger partial charge < -0.3 is 0 Å². The van der Waals surface area contributed by atoms with Gasteiger partial charge in [-0.3, -0.25) is 39.3 Å². The molecular formula is C44H41FN6O6S2. The summed E-state index contributed by atoms with van der Waals surface area (Å²) in [4.78, 5) is 46.1. The molecule has 0 atom stereocenters. The van der Waals surface area contributed by atoms with Crippen LogP contribution < -0.4 is 9.80 Å². The Kier molecular flexibility index (Phi) is 10.1. The lowest BCUT2D eigenvalue weighted by molar-refractivity contribution is -0.122. The van der Waals surface area contributed by atoms with E-state index in [-0.39, 0.29) is 21.6 Å². The summed E-state index contributed by atoms with van der Waals surface area (Å²) in [6, 6.07) is 17.7. The average Bonchev–Trinajstić information content (AvgIpc) is 3.51. The number of benzene rings is 2. The van der Waals surface area contributed by atoms with E-state index in [4.69, 9.17) is 0 Å². The van der Waals surface area contributed by atoms with Crippen molar-refractivity contribution < 1.29 is 30.8 Å². The second-order valence-corrected chi connectivity index (χ2v) is 19.9. The number of fused-ring (bicyclic) bond motifs is 2. The molecule has 0 radical (unpaired) electrons. The maximum atomic E-state index is 14.0. The zero-order chi connectivity index (χ0) is 42.8. The number of rotatable bonds is 6. The van der Waals surface area contributed by atoms with Crippen molar-refractivity contribution in [2.45, 2.75) is 62.2 Å². The third-order valence-corrected chi connectivity index (χ3v) is 12.8. The van der Waals surface area contributed by atoms with Gasteiger partial charge in [-0.25, -0.2) is 21.2 Å². The Balaban J connectivity index is 0.000000179. The quantitative estimate of drug-likeness (QED) is 0.162. The van der Waals surface area contributed by atoms with E-state index in [1.165, 1.54) is 47.9 Å². The number of nitrogens with zero attached hydrogens (tertiary/aromatic N) is 6. The number of halogens is 1. The van der Waals surface area contributed by atoms with Crippen LogP contribution in [-0.2, 0) is 40.1 Å². The maximum absolute atomic E-state index is 14.0. The van der Waals surface area contributed by atoms with Crippen LogP contribution in [-0.4, -0.2) is 61.1 Å². The number of aryl methyl sites for hydroxylation is 2. The van der Waals surface area contributed by atoms with Gasteiger partial charge in [-0.05, 0) is 106 Å². The van der Waals surface area contributed by atoms with Crippen molar-refractivity contribution in [1.29, 1.82) is 0 Å². The molecule has 0 bridgehead atoms. The Morgan fingerprint density at radius 1 is 0.542 bits per heavy atom. The van der Waals surface area contributed by atoms with E-state index in [0.717, 1.165) is 46.0 Å². The molecule has 0 fully saturated rings. The molecule has 6 heterocycles.